The molecule has 2 aromatic rings. The highest BCUT2D eigenvalue weighted by Gasteiger charge is 2.43. The van der Waals surface area contributed by atoms with Gasteiger partial charge in [-0.25, -0.2) is 22.0 Å². The lowest BCUT2D eigenvalue weighted by atomic mass is 10.1. The zero-order chi connectivity index (χ0) is 28.0. The maximum atomic E-state index is 15.2. The molecule has 0 aliphatic carbocycles. The minimum absolute atomic E-state index is 0.0602. The molecule has 0 spiro atoms. The molecule has 0 aliphatic rings. The number of fused-ring (bicyclic) bond motifs is 1. The summed E-state index contributed by atoms with van der Waals surface area (Å²) >= 11 is 0. The molecule has 209 valence electrons. The SMILES string of the molecule is CCCCCC[Si](CCC[Si](CC)(CC)CC)(Oc1c(F)c(F)c(F)c2c(F)c(F)[c]c(F)c12)C(C)C. The van der Waals surface area contributed by atoms with Crippen LogP contribution in [-0.4, -0.2) is 16.4 Å². The van der Waals surface area contributed by atoms with Crippen molar-refractivity contribution < 1.29 is 30.8 Å². The van der Waals surface area contributed by atoms with Gasteiger partial charge < -0.3 is 4.43 Å². The summed E-state index contributed by atoms with van der Waals surface area (Å²) in [6, 6.07) is 7.33. The second-order valence-electron chi connectivity index (χ2n) is 10.6. The molecule has 0 saturated heterocycles. The first-order valence-corrected chi connectivity index (χ1v) is 18.9. The van der Waals surface area contributed by atoms with Gasteiger partial charge in [-0.1, -0.05) is 97.8 Å². The van der Waals surface area contributed by atoms with E-state index < -0.39 is 67.8 Å². The fraction of sp³-hybridized carbons (Fsp3) is 0.643. The number of unbranched alkanes of at least 4 members (excludes halogenated alkanes) is 3. The second kappa shape index (κ2) is 13.5. The molecule has 37 heavy (non-hydrogen) atoms. The van der Waals surface area contributed by atoms with Gasteiger partial charge in [-0.05, 0) is 17.6 Å². The molecule has 2 aromatic carbocycles. The molecule has 9 heteroatoms. The number of hydrogen-bond acceptors (Lipinski definition) is 1. The van der Waals surface area contributed by atoms with Crippen LogP contribution < -0.4 is 4.43 Å². The van der Waals surface area contributed by atoms with Gasteiger partial charge in [0.25, 0.3) is 8.32 Å². The Kier molecular flexibility index (Phi) is 11.6. The van der Waals surface area contributed by atoms with Crippen LogP contribution in [0.1, 0.15) is 73.6 Å². The molecular weight excluding hydrogens is 522 g/mol. The van der Waals surface area contributed by atoms with Gasteiger partial charge in [0.2, 0.25) is 5.82 Å². The number of halogens is 6. The van der Waals surface area contributed by atoms with Crippen molar-refractivity contribution in [2.45, 2.75) is 115 Å². The Morgan fingerprint density at radius 1 is 0.649 bits per heavy atom. The molecule has 1 unspecified atom stereocenters. The lowest BCUT2D eigenvalue weighted by Crippen LogP contribution is -2.45. The van der Waals surface area contributed by atoms with E-state index in [2.05, 4.69) is 27.7 Å². The molecule has 1 atom stereocenters. The maximum Gasteiger partial charge on any atom is 0.253 e. The average molecular weight is 564 g/mol. The Morgan fingerprint density at radius 3 is 1.78 bits per heavy atom. The van der Waals surface area contributed by atoms with E-state index >= 15 is 4.39 Å². The monoisotopic (exact) mass is 563 g/mol. The summed E-state index contributed by atoms with van der Waals surface area (Å²) in [4.78, 5) is 0. The molecule has 0 aliphatic heterocycles. The van der Waals surface area contributed by atoms with Crippen LogP contribution in [0.5, 0.6) is 5.75 Å². The quantitative estimate of drug-likeness (QED) is 0.0688. The van der Waals surface area contributed by atoms with Crippen molar-refractivity contribution in [2.24, 2.45) is 0 Å². The summed E-state index contributed by atoms with van der Waals surface area (Å²) in [7, 11) is -4.40. The smallest absolute Gasteiger partial charge is 0.253 e. The minimum Gasteiger partial charge on any atom is -0.541 e. The van der Waals surface area contributed by atoms with Crippen molar-refractivity contribution in [3.8, 4) is 5.75 Å². The van der Waals surface area contributed by atoms with Crippen LogP contribution in [0.15, 0.2) is 0 Å². The molecular formula is C28H41F6OSi2. The van der Waals surface area contributed by atoms with Gasteiger partial charge >= 0.3 is 0 Å². The van der Waals surface area contributed by atoms with E-state index in [1.165, 1.54) is 6.07 Å². The first-order valence-electron chi connectivity index (χ1n) is 13.7. The third kappa shape index (κ3) is 6.75. The molecule has 0 bridgehead atoms. The molecule has 2 rings (SSSR count). The van der Waals surface area contributed by atoms with Crippen LogP contribution in [0.3, 0.4) is 0 Å². The van der Waals surface area contributed by atoms with E-state index in [-0.39, 0.29) is 5.54 Å². The molecule has 1 radical (unpaired) electrons. The zero-order valence-corrected chi connectivity index (χ0v) is 25.0. The predicted molar refractivity (Wildman–Crippen MR) is 144 cm³/mol. The van der Waals surface area contributed by atoms with Crippen molar-refractivity contribution in [2.75, 3.05) is 0 Å². The van der Waals surface area contributed by atoms with Gasteiger partial charge in [0.15, 0.2) is 29.0 Å². The Morgan fingerprint density at radius 2 is 1.24 bits per heavy atom. The Balaban J connectivity index is 2.64. The van der Waals surface area contributed by atoms with E-state index in [0.29, 0.717) is 12.1 Å². The molecule has 0 fully saturated rings. The highest BCUT2D eigenvalue weighted by Crippen LogP contribution is 2.43. The number of rotatable bonds is 15. The summed E-state index contributed by atoms with van der Waals surface area (Å²) < 4.78 is 94.0. The van der Waals surface area contributed by atoms with E-state index in [0.717, 1.165) is 56.3 Å². The fourth-order valence-corrected chi connectivity index (χ4v) is 13.4. The molecule has 0 heterocycles. The molecule has 0 aromatic heterocycles. The Hall–Kier alpha value is -1.49. The summed E-state index contributed by atoms with van der Waals surface area (Å²) in [6.45, 7) is 12.7. The largest absolute Gasteiger partial charge is 0.541 e. The first kappa shape index (κ1) is 31.7. The van der Waals surface area contributed by atoms with Gasteiger partial charge in [0, 0.05) is 0 Å². The van der Waals surface area contributed by atoms with E-state index in [1.54, 1.807) is 0 Å². The third-order valence-corrected chi connectivity index (χ3v) is 19.5. The van der Waals surface area contributed by atoms with Gasteiger partial charge in [-0.15, -0.1) is 0 Å². The lowest BCUT2D eigenvalue weighted by Gasteiger charge is -2.38. The number of hydrogen-bond donors (Lipinski definition) is 0. The van der Waals surface area contributed by atoms with Crippen LogP contribution in [0.4, 0.5) is 26.3 Å². The third-order valence-electron chi connectivity index (χ3n) is 8.50. The molecule has 0 N–H and O–H groups in total. The first-order chi connectivity index (χ1) is 17.4. The van der Waals surface area contributed by atoms with E-state index in [9.17, 15) is 22.0 Å². The zero-order valence-electron chi connectivity index (χ0n) is 23.0. The van der Waals surface area contributed by atoms with Crippen molar-refractivity contribution in [3.63, 3.8) is 0 Å². The highest BCUT2D eigenvalue weighted by atomic mass is 28.4. The number of benzene rings is 2. The van der Waals surface area contributed by atoms with Crippen LogP contribution >= 0.6 is 0 Å². The van der Waals surface area contributed by atoms with Gasteiger partial charge in [-0.2, -0.15) is 4.39 Å². The summed E-state index contributed by atoms with van der Waals surface area (Å²) in [5.74, 6) is -11.7. The standard InChI is InChI=1S/C28H41F6OSi2/c1-7-11-12-13-16-37(19(5)6,17-14-15-36(8-2,9-3)10-4)35-28-22-20(29)18-21(30)24(31)23(22)25(32)26(33)27(28)34/h19H,7-17H2,1-6H3. The van der Waals surface area contributed by atoms with Crippen molar-refractivity contribution in [1.82, 2.24) is 0 Å². The van der Waals surface area contributed by atoms with Crippen molar-refractivity contribution in [1.29, 1.82) is 0 Å². The van der Waals surface area contributed by atoms with Crippen LogP contribution in [0.25, 0.3) is 10.8 Å². The van der Waals surface area contributed by atoms with Crippen LogP contribution in [-0.2, 0) is 0 Å². The Labute approximate surface area is 220 Å². The molecule has 0 saturated carbocycles. The minimum atomic E-state index is -2.95. The summed E-state index contributed by atoms with van der Waals surface area (Å²) in [6.07, 6.45) is 4.61. The predicted octanol–water partition coefficient (Wildman–Crippen LogP) is 10.7. The maximum absolute atomic E-state index is 15.2. The molecule has 0 amide bonds. The van der Waals surface area contributed by atoms with Gasteiger partial charge in [0.1, 0.15) is 5.82 Å². The van der Waals surface area contributed by atoms with Gasteiger partial charge in [-0.3, -0.25) is 0 Å². The second-order valence-corrected chi connectivity index (χ2v) is 20.7. The molecule has 1 nitrogen and oxygen atoms in total. The van der Waals surface area contributed by atoms with Crippen LogP contribution in [0.2, 0.25) is 41.8 Å². The Bertz CT molecular complexity index is 1050. The van der Waals surface area contributed by atoms with Crippen molar-refractivity contribution in [3.05, 3.63) is 41.0 Å². The van der Waals surface area contributed by atoms with E-state index in [4.69, 9.17) is 4.43 Å². The summed E-state index contributed by atoms with van der Waals surface area (Å²) in [5.41, 5.74) is -0.0602. The fourth-order valence-electron chi connectivity index (χ4n) is 5.49. The van der Waals surface area contributed by atoms with Gasteiger partial charge in [0.05, 0.1) is 24.9 Å². The summed E-state index contributed by atoms with van der Waals surface area (Å²) in [5, 5.41) is -2.21. The topological polar surface area (TPSA) is 9.23 Å². The highest BCUT2D eigenvalue weighted by molar-refractivity contribution is 6.80. The lowest BCUT2D eigenvalue weighted by molar-refractivity contribution is 0.408. The van der Waals surface area contributed by atoms with Crippen molar-refractivity contribution >= 4 is 27.2 Å². The normalized spacial score (nSPS) is 14.0. The van der Waals surface area contributed by atoms with Crippen LogP contribution in [0, 0.1) is 41.0 Å². The van der Waals surface area contributed by atoms with E-state index in [1.807, 2.05) is 13.8 Å². The average Bonchev–Trinajstić information content (AvgIpc) is 2.87.